The number of rotatable bonds is 3. The van der Waals surface area contributed by atoms with E-state index in [1.165, 1.54) is 23.2 Å². The molecule has 5 rings (SSSR count). The van der Waals surface area contributed by atoms with Gasteiger partial charge >= 0.3 is 5.63 Å². The van der Waals surface area contributed by atoms with Crippen LogP contribution in [0.2, 0.25) is 0 Å². The second kappa shape index (κ2) is 6.38. The van der Waals surface area contributed by atoms with Gasteiger partial charge in [0.1, 0.15) is 5.58 Å². The second-order valence-electron chi connectivity index (χ2n) is 7.50. The number of fused-ring (bicyclic) bond motifs is 2. The average molecular weight is 359 g/mol. The van der Waals surface area contributed by atoms with Crippen molar-refractivity contribution in [2.75, 3.05) is 18.0 Å². The second-order valence-corrected chi connectivity index (χ2v) is 7.50. The van der Waals surface area contributed by atoms with E-state index >= 15 is 0 Å². The first-order valence-electron chi connectivity index (χ1n) is 9.72. The molecule has 0 bridgehead atoms. The van der Waals surface area contributed by atoms with Gasteiger partial charge in [-0.1, -0.05) is 6.58 Å². The average Bonchev–Trinajstić information content (AvgIpc) is 2.70. The van der Waals surface area contributed by atoms with E-state index in [2.05, 4.69) is 17.5 Å². The molecular weight excluding hydrogens is 336 g/mol. The van der Waals surface area contributed by atoms with Crippen molar-refractivity contribution in [1.82, 2.24) is 0 Å². The van der Waals surface area contributed by atoms with Crippen molar-refractivity contribution in [2.24, 2.45) is 0 Å². The summed E-state index contributed by atoms with van der Waals surface area (Å²) in [5.41, 5.74) is 6.01. The fourth-order valence-corrected chi connectivity index (χ4v) is 4.55. The predicted octanol–water partition coefficient (Wildman–Crippen LogP) is 3.63. The van der Waals surface area contributed by atoms with E-state index in [4.69, 9.17) is 4.42 Å². The van der Waals surface area contributed by atoms with Crippen LogP contribution >= 0.6 is 0 Å². The fourth-order valence-electron chi connectivity index (χ4n) is 4.55. The molecule has 0 N–H and O–H groups in total. The van der Waals surface area contributed by atoms with Crippen LogP contribution in [0.25, 0.3) is 22.1 Å². The van der Waals surface area contributed by atoms with Crippen molar-refractivity contribution in [3.63, 3.8) is 0 Å². The number of aryl methyl sites for hydroxylation is 2. The molecule has 4 heteroatoms. The predicted molar refractivity (Wildman–Crippen MR) is 107 cm³/mol. The molecule has 0 saturated heterocycles. The van der Waals surface area contributed by atoms with Crippen LogP contribution in [0.1, 0.15) is 24.0 Å². The molecule has 4 nitrogen and oxygen atoms in total. The highest BCUT2D eigenvalue weighted by molar-refractivity contribution is 5.90. The topological polar surface area (TPSA) is 37.3 Å². The molecule has 136 valence electrons. The van der Waals surface area contributed by atoms with Crippen molar-refractivity contribution in [2.45, 2.75) is 32.2 Å². The number of benzene rings is 1. The van der Waals surface area contributed by atoms with Gasteiger partial charge in [0.05, 0.1) is 5.56 Å². The number of allylic oxidation sites excluding steroid dienone is 1. The van der Waals surface area contributed by atoms with Crippen molar-refractivity contribution >= 4 is 16.7 Å². The zero-order valence-electron chi connectivity index (χ0n) is 15.4. The number of hydrogen-bond donors (Lipinski definition) is 0. The minimum Gasteiger partial charge on any atom is -0.422 e. The Bertz CT molecular complexity index is 1090. The Balaban J connectivity index is 1.68. The van der Waals surface area contributed by atoms with Gasteiger partial charge < -0.3 is 9.32 Å². The molecule has 2 aromatic heterocycles. The lowest BCUT2D eigenvalue weighted by atomic mass is 9.89. The van der Waals surface area contributed by atoms with Gasteiger partial charge in [-0.05, 0) is 49.5 Å². The standard InChI is InChI=1S/C23H23N2O2/c1-2-9-24-12-7-16(8-13-24)20-15-18-14-17-5-3-10-25-11-4-6-19(21(17)25)22(18)27-23(20)26/h2,7-8,12-15H,1,3-6,9-11H2/q+1. The summed E-state index contributed by atoms with van der Waals surface area (Å²) in [4.78, 5) is 15.2. The van der Waals surface area contributed by atoms with Crippen LogP contribution in [0.5, 0.6) is 0 Å². The lowest BCUT2D eigenvalue weighted by Crippen LogP contribution is -2.34. The molecule has 2 aliphatic rings. The van der Waals surface area contributed by atoms with Crippen molar-refractivity contribution in [3.05, 3.63) is 70.9 Å². The molecule has 0 radical (unpaired) electrons. The first-order valence-corrected chi connectivity index (χ1v) is 9.72. The molecule has 3 aromatic rings. The molecule has 2 aliphatic heterocycles. The maximum atomic E-state index is 12.8. The third-order valence-electron chi connectivity index (χ3n) is 5.76. The molecule has 0 unspecified atom stereocenters. The molecule has 27 heavy (non-hydrogen) atoms. The summed E-state index contributed by atoms with van der Waals surface area (Å²) in [6.07, 6.45) is 10.2. The van der Waals surface area contributed by atoms with Crippen LogP contribution in [0, 0.1) is 0 Å². The molecule has 1 aromatic carbocycles. The SMILES string of the molecule is C=CC[n+]1ccc(-c2cc3cc4c5c(c3oc2=O)CCCN5CCC4)cc1. The molecule has 0 aliphatic carbocycles. The van der Waals surface area contributed by atoms with Crippen molar-refractivity contribution < 1.29 is 8.98 Å². The largest absolute Gasteiger partial charge is 0.422 e. The Hall–Kier alpha value is -2.88. The third-order valence-corrected chi connectivity index (χ3v) is 5.76. The number of nitrogens with zero attached hydrogens (tertiary/aromatic N) is 2. The van der Waals surface area contributed by atoms with Gasteiger partial charge in [-0.3, -0.25) is 0 Å². The van der Waals surface area contributed by atoms with Crippen LogP contribution in [0.4, 0.5) is 5.69 Å². The van der Waals surface area contributed by atoms with E-state index in [1.54, 1.807) is 0 Å². The zero-order chi connectivity index (χ0) is 18.4. The Kier molecular flexibility index (Phi) is 3.85. The lowest BCUT2D eigenvalue weighted by Gasteiger charge is -2.37. The van der Waals surface area contributed by atoms with Crippen LogP contribution in [0.15, 0.2) is 58.5 Å². The Labute approximate surface area is 158 Å². The molecule has 0 saturated carbocycles. The third kappa shape index (κ3) is 2.67. The number of anilines is 1. The normalized spacial score (nSPS) is 15.6. The van der Waals surface area contributed by atoms with Gasteiger partial charge in [-0.2, -0.15) is 0 Å². The highest BCUT2D eigenvalue weighted by atomic mass is 16.4. The van der Waals surface area contributed by atoms with Gasteiger partial charge in [-0.25, -0.2) is 9.36 Å². The van der Waals surface area contributed by atoms with Gasteiger partial charge in [0.25, 0.3) is 0 Å². The summed E-state index contributed by atoms with van der Waals surface area (Å²) >= 11 is 0. The summed E-state index contributed by atoms with van der Waals surface area (Å²) < 4.78 is 7.91. The first-order chi connectivity index (χ1) is 13.2. The van der Waals surface area contributed by atoms with E-state index in [1.807, 2.05) is 41.2 Å². The van der Waals surface area contributed by atoms with Gasteiger partial charge in [-0.15, -0.1) is 0 Å². The maximum Gasteiger partial charge on any atom is 0.344 e. The minimum absolute atomic E-state index is 0.256. The van der Waals surface area contributed by atoms with E-state index in [0.717, 1.165) is 55.4 Å². The van der Waals surface area contributed by atoms with E-state index in [9.17, 15) is 4.79 Å². The maximum absolute atomic E-state index is 12.8. The first kappa shape index (κ1) is 16.3. The lowest BCUT2D eigenvalue weighted by molar-refractivity contribution is -0.686. The van der Waals surface area contributed by atoms with E-state index in [0.29, 0.717) is 5.56 Å². The quantitative estimate of drug-likeness (QED) is 0.407. The Morgan fingerprint density at radius 2 is 1.93 bits per heavy atom. The summed E-state index contributed by atoms with van der Waals surface area (Å²) in [5.74, 6) is 0. The summed E-state index contributed by atoms with van der Waals surface area (Å²) in [5, 5.41) is 1.05. The Morgan fingerprint density at radius 3 is 2.70 bits per heavy atom. The van der Waals surface area contributed by atoms with Crippen molar-refractivity contribution in [3.8, 4) is 11.1 Å². The summed E-state index contributed by atoms with van der Waals surface area (Å²) in [6.45, 7) is 6.73. The molecular formula is C23H23N2O2+. The van der Waals surface area contributed by atoms with E-state index in [-0.39, 0.29) is 5.63 Å². The molecule has 0 atom stereocenters. The smallest absolute Gasteiger partial charge is 0.344 e. The molecule has 4 heterocycles. The van der Waals surface area contributed by atoms with Gasteiger partial charge in [0.15, 0.2) is 18.9 Å². The number of aromatic nitrogens is 1. The monoisotopic (exact) mass is 359 g/mol. The van der Waals surface area contributed by atoms with Gasteiger partial charge in [0.2, 0.25) is 0 Å². The number of hydrogen-bond acceptors (Lipinski definition) is 3. The zero-order valence-corrected chi connectivity index (χ0v) is 15.4. The number of pyridine rings is 1. The van der Waals surface area contributed by atoms with Crippen LogP contribution in [-0.2, 0) is 19.4 Å². The fraction of sp³-hybridized carbons (Fsp3) is 0.304. The summed E-state index contributed by atoms with van der Waals surface area (Å²) in [6, 6.07) is 8.18. The molecule has 0 fully saturated rings. The summed E-state index contributed by atoms with van der Waals surface area (Å²) in [7, 11) is 0. The minimum atomic E-state index is -0.256. The molecule has 0 amide bonds. The van der Waals surface area contributed by atoms with E-state index < -0.39 is 0 Å². The van der Waals surface area contributed by atoms with Gasteiger partial charge in [0, 0.05) is 47.4 Å². The van der Waals surface area contributed by atoms with Crippen LogP contribution in [-0.4, -0.2) is 13.1 Å². The molecule has 0 spiro atoms. The van der Waals surface area contributed by atoms with Crippen molar-refractivity contribution in [1.29, 1.82) is 0 Å². The van der Waals surface area contributed by atoms with Crippen LogP contribution < -0.4 is 15.1 Å². The highest BCUT2D eigenvalue weighted by Gasteiger charge is 2.27. The highest BCUT2D eigenvalue weighted by Crippen LogP contribution is 2.40. The Morgan fingerprint density at radius 1 is 1.15 bits per heavy atom. The van der Waals surface area contributed by atoms with Crippen LogP contribution in [0.3, 0.4) is 0 Å².